The number of halogens is 1. The molecule has 0 radical (unpaired) electrons. The van der Waals surface area contributed by atoms with E-state index in [1.54, 1.807) is 0 Å². The zero-order valence-electron chi connectivity index (χ0n) is 16.8. The van der Waals surface area contributed by atoms with E-state index in [1.807, 2.05) is 72.7 Å². The van der Waals surface area contributed by atoms with Gasteiger partial charge in [0, 0.05) is 10.9 Å². The second-order valence-electron chi connectivity index (χ2n) is 8.71. The minimum Gasteiger partial charge on any atom is -0.462 e. The van der Waals surface area contributed by atoms with Crippen molar-refractivity contribution in [1.29, 1.82) is 0 Å². The van der Waals surface area contributed by atoms with E-state index in [-0.39, 0.29) is 12.6 Å². The van der Waals surface area contributed by atoms with Crippen molar-refractivity contribution in [2.45, 2.75) is 60.2 Å². The van der Waals surface area contributed by atoms with Gasteiger partial charge in [-0.3, -0.25) is 4.79 Å². The summed E-state index contributed by atoms with van der Waals surface area (Å²) in [5.74, 6) is -0.255. The van der Waals surface area contributed by atoms with Gasteiger partial charge in [-0.2, -0.15) is 0 Å². The van der Waals surface area contributed by atoms with E-state index < -0.39 is 17.1 Å². The second kappa shape index (κ2) is 7.58. The Balaban J connectivity index is 2.45. The van der Waals surface area contributed by atoms with Crippen molar-refractivity contribution in [3.8, 4) is 0 Å². The Kier molecular flexibility index (Phi) is 6.04. The summed E-state index contributed by atoms with van der Waals surface area (Å²) in [7, 11) is 0. The van der Waals surface area contributed by atoms with E-state index in [2.05, 4.69) is 6.07 Å². The van der Waals surface area contributed by atoms with E-state index >= 15 is 0 Å². The van der Waals surface area contributed by atoms with Gasteiger partial charge in [-0.1, -0.05) is 41.9 Å². The summed E-state index contributed by atoms with van der Waals surface area (Å²) in [6, 6.07) is 10.1. The summed E-state index contributed by atoms with van der Waals surface area (Å²) in [6.45, 7) is 13.6. The van der Waals surface area contributed by atoms with Crippen molar-refractivity contribution in [2.24, 2.45) is 5.41 Å². The molecule has 0 aliphatic carbocycles. The summed E-state index contributed by atoms with van der Waals surface area (Å²) in [5, 5.41) is 2.71. The first-order chi connectivity index (χ1) is 11.9. The van der Waals surface area contributed by atoms with Crippen molar-refractivity contribution in [3.63, 3.8) is 0 Å². The molecule has 0 aliphatic heterocycles. The van der Waals surface area contributed by atoms with Gasteiger partial charge in [0.1, 0.15) is 12.7 Å². The molecule has 0 bridgehead atoms. The van der Waals surface area contributed by atoms with Gasteiger partial charge in [-0.05, 0) is 59.4 Å². The highest BCUT2D eigenvalue weighted by Crippen LogP contribution is 2.37. The fourth-order valence-electron chi connectivity index (χ4n) is 2.82. The molecule has 2 aromatic rings. The summed E-state index contributed by atoms with van der Waals surface area (Å²) in [4.78, 5) is 12.2. The first kappa shape index (κ1) is 20.7. The number of fused-ring (bicyclic) bond motifs is 1. The standard InChI is InChI=1S/C22H29ClO3/c1-14-12-15-10-8-9-11-16(15)19(23)18(14)17(26-22(5,6)7)13-25-20(24)21(2,3)4/h8-12,17H,13H2,1-7H3/t17-/m0/s1. The molecule has 2 aromatic carbocycles. The van der Waals surface area contributed by atoms with Crippen molar-refractivity contribution in [1.82, 2.24) is 0 Å². The van der Waals surface area contributed by atoms with Gasteiger partial charge in [0.15, 0.2) is 0 Å². The first-order valence-corrected chi connectivity index (χ1v) is 9.31. The lowest BCUT2D eigenvalue weighted by Crippen LogP contribution is -2.29. The fraction of sp³-hybridized carbons (Fsp3) is 0.500. The van der Waals surface area contributed by atoms with E-state index in [1.165, 1.54) is 0 Å². The lowest BCUT2D eigenvalue weighted by molar-refractivity contribution is -0.162. The summed E-state index contributed by atoms with van der Waals surface area (Å²) in [6.07, 6.45) is -0.432. The van der Waals surface area contributed by atoms with Gasteiger partial charge < -0.3 is 9.47 Å². The van der Waals surface area contributed by atoms with Crippen LogP contribution < -0.4 is 0 Å². The molecule has 0 saturated carbocycles. The van der Waals surface area contributed by atoms with Crippen LogP contribution in [0.2, 0.25) is 5.02 Å². The van der Waals surface area contributed by atoms with Crippen LogP contribution in [-0.4, -0.2) is 18.2 Å². The van der Waals surface area contributed by atoms with Gasteiger partial charge in [0.2, 0.25) is 0 Å². The molecule has 0 amide bonds. The molecule has 0 spiro atoms. The topological polar surface area (TPSA) is 35.5 Å². The quantitative estimate of drug-likeness (QED) is 0.592. The maximum Gasteiger partial charge on any atom is 0.311 e. The van der Waals surface area contributed by atoms with Crippen LogP contribution in [0.1, 0.15) is 58.8 Å². The normalized spacial score (nSPS) is 13.7. The highest BCUT2D eigenvalue weighted by Gasteiger charge is 2.29. The Labute approximate surface area is 161 Å². The molecule has 1 atom stereocenters. The van der Waals surface area contributed by atoms with Gasteiger partial charge in [0.05, 0.1) is 16.0 Å². The Morgan fingerprint density at radius 3 is 2.31 bits per heavy atom. The summed E-state index contributed by atoms with van der Waals surface area (Å²) in [5.41, 5.74) is 0.936. The monoisotopic (exact) mass is 376 g/mol. The minimum absolute atomic E-state index is 0.131. The maximum absolute atomic E-state index is 12.2. The van der Waals surface area contributed by atoms with Crippen molar-refractivity contribution < 1.29 is 14.3 Å². The number of ether oxygens (including phenoxy) is 2. The molecule has 0 aliphatic rings. The van der Waals surface area contributed by atoms with E-state index in [0.717, 1.165) is 21.9 Å². The molecule has 3 nitrogen and oxygen atoms in total. The number of aryl methyl sites for hydroxylation is 1. The third kappa shape index (κ3) is 4.99. The molecule has 0 unspecified atom stereocenters. The Bertz CT molecular complexity index is 797. The van der Waals surface area contributed by atoms with Crippen LogP contribution in [0.3, 0.4) is 0 Å². The summed E-state index contributed by atoms with van der Waals surface area (Å²) >= 11 is 6.76. The van der Waals surface area contributed by atoms with Crippen LogP contribution in [0.15, 0.2) is 30.3 Å². The molecule has 0 aromatic heterocycles. The molecule has 0 N–H and O–H groups in total. The number of carbonyl (C=O) groups excluding carboxylic acids is 1. The number of rotatable bonds is 4. The molecule has 0 heterocycles. The Morgan fingerprint density at radius 2 is 1.73 bits per heavy atom. The SMILES string of the molecule is Cc1cc2ccccc2c(Cl)c1[C@H](COC(=O)C(C)(C)C)OC(C)(C)C. The zero-order chi connectivity index (χ0) is 19.7. The lowest BCUT2D eigenvalue weighted by atomic mass is 9.96. The molecule has 4 heteroatoms. The predicted molar refractivity (Wildman–Crippen MR) is 108 cm³/mol. The zero-order valence-corrected chi connectivity index (χ0v) is 17.5. The number of hydrogen-bond donors (Lipinski definition) is 0. The average Bonchev–Trinajstić information content (AvgIpc) is 2.49. The van der Waals surface area contributed by atoms with Crippen LogP contribution in [0, 0.1) is 12.3 Å². The van der Waals surface area contributed by atoms with Crippen LogP contribution in [0.5, 0.6) is 0 Å². The summed E-state index contributed by atoms with van der Waals surface area (Å²) < 4.78 is 11.8. The number of esters is 1. The van der Waals surface area contributed by atoms with Crippen LogP contribution in [0.25, 0.3) is 10.8 Å². The molecule has 0 saturated heterocycles. The minimum atomic E-state index is -0.561. The Morgan fingerprint density at radius 1 is 1.12 bits per heavy atom. The van der Waals surface area contributed by atoms with E-state index in [9.17, 15) is 4.79 Å². The average molecular weight is 377 g/mol. The van der Waals surface area contributed by atoms with E-state index in [0.29, 0.717) is 5.02 Å². The van der Waals surface area contributed by atoms with E-state index in [4.69, 9.17) is 21.1 Å². The highest BCUT2D eigenvalue weighted by molar-refractivity contribution is 6.36. The van der Waals surface area contributed by atoms with Crippen molar-refractivity contribution >= 4 is 28.3 Å². The highest BCUT2D eigenvalue weighted by atomic mass is 35.5. The van der Waals surface area contributed by atoms with Crippen molar-refractivity contribution in [3.05, 3.63) is 46.5 Å². The largest absolute Gasteiger partial charge is 0.462 e. The first-order valence-electron chi connectivity index (χ1n) is 8.93. The molecule has 26 heavy (non-hydrogen) atoms. The Hall–Kier alpha value is -1.58. The second-order valence-corrected chi connectivity index (χ2v) is 9.09. The fourth-order valence-corrected chi connectivity index (χ4v) is 3.26. The van der Waals surface area contributed by atoms with Crippen LogP contribution >= 0.6 is 11.6 Å². The molecule has 2 rings (SSSR count). The molecular weight excluding hydrogens is 348 g/mol. The molecular formula is C22H29ClO3. The van der Waals surface area contributed by atoms with Crippen LogP contribution in [0.4, 0.5) is 0 Å². The number of hydrogen-bond acceptors (Lipinski definition) is 3. The predicted octanol–water partition coefficient (Wildman–Crippen LogP) is 6.25. The lowest BCUT2D eigenvalue weighted by Gasteiger charge is -2.30. The van der Waals surface area contributed by atoms with Gasteiger partial charge >= 0.3 is 5.97 Å². The maximum atomic E-state index is 12.2. The van der Waals surface area contributed by atoms with Gasteiger partial charge in [0.25, 0.3) is 0 Å². The van der Waals surface area contributed by atoms with Crippen molar-refractivity contribution in [2.75, 3.05) is 6.61 Å². The van der Waals surface area contributed by atoms with Gasteiger partial charge in [-0.25, -0.2) is 0 Å². The third-order valence-corrected chi connectivity index (χ3v) is 4.43. The molecule has 0 fully saturated rings. The molecule has 142 valence electrons. The number of carbonyl (C=O) groups is 1. The number of benzene rings is 2. The third-order valence-electron chi connectivity index (χ3n) is 4.03. The van der Waals surface area contributed by atoms with Gasteiger partial charge in [-0.15, -0.1) is 0 Å². The van der Waals surface area contributed by atoms with Crippen LogP contribution in [-0.2, 0) is 14.3 Å². The smallest absolute Gasteiger partial charge is 0.311 e.